The summed E-state index contributed by atoms with van der Waals surface area (Å²) in [5.74, 6) is -0.781. The molecule has 0 N–H and O–H groups in total. The number of nitro groups is 1. The van der Waals surface area contributed by atoms with Crippen LogP contribution in [0.5, 0.6) is 0 Å². The number of benzene rings is 3. The first kappa shape index (κ1) is 19.3. The van der Waals surface area contributed by atoms with E-state index in [1.165, 1.54) is 5.01 Å². The highest BCUT2D eigenvalue weighted by molar-refractivity contribution is 6.33. The number of nitrogens with zero attached hydrogens (tertiary/aromatic N) is 5. The first-order valence-electron chi connectivity index (χ1n) is 8.85. The fourth-order valence-electron chi connectivity index (χ4n) is 2.72. The molecule has 0 aliphatic heterocycles. The zero-order valence-corrected chi connectivity index (χ0v) is 16.2. The minimum absolute atomic E-state index is 0.135. The number of anilines is 2. The SMILES string of the molecule is O=[N+]([O-])/C(=N\N(c1ccccc1)c1ccccc1)c1nc(-c2ccccc2Cl)no1. The molecule has 3 aromatic carbocycles. The third-order valence-electron chi connectivity index (χ3n) is 4.10. The summed E-state index contributed by atoms with van der Waals surface area (Å²) in [5.41, 5.74) is 1.77. The first-order chi connectivity index (χ1) is 14.6. The lowest BCUT2D eigenvalue weighted by atomic mass is 10.2. The number of hydrogen-bond acceptors (Lipinski definition) is 7. The van der Waals surface area contributed by atoms with Gasteiger partial charge in [0.25, 0.3) is 0 Å². The predicted molar refractivity (Wildman–Crippen MR) is 113 cm³/mol. The zero-order chi connectivity index (χ0) is 20.9. The second kappa shape index (κ2) is 8.54. The van der Waals surface area contributed by atoms with E-state index in [1.54, 1.807) is 48.5 Å². The van der Waals surface area contributed by atoms with Crippen LogP contribution in [-0.4, -0.2) is 20.9 Å². The smallest absolute Gasteiger partial charge is 0.358 e. The lowest BCUT2D eigenvalue weighted by Gasteiger charge is -2.13. The van der Waals surface area contributed by atoms with Gasteiger partial charge in [-0.3, -0.25) is 0 Å². The minimum Gasteiger partial charge on any atom is -0.358 e. The Bertz CT molecular complexity index is 1160. The molecule has 0 fully saturated rings. The third kappa shape index (κ3) is 4.03. The Morgan fingerprint density at radius 1 is 0.933 bits per heavy atom. The molecule has 4 rings (SSSR count). The van der Waals surface area contributed by atoms with E-state index in [9.17, 15) is 10.1 Å². The van der Waals surface area contributed by atoms with Crippen molar-refractivity contribution in [3.05, 3.63) is 106 Å². The van der Waals surface area contributed by atoms with Crippen molar-refractivity contribution in [1.82, 2.24) is 10.1 Å². The highest BCUT2D eigenvalue weighted by atomic mass is 35.5. The maximum atomic E-state index is 11.8. The van der Waals surface area contributed by atoms with E-state index in [0.29, 0.717) is 22.0 Å². The van der Waals surface area contributed by atoms with Crippen LogP contribution < -0.4 is 5.01 Å². The van der Waals surface area contributed by atoms with Gasteiger partial charge in [0.2, 0.25) is 5.82 Å². The van der Waals surface area contributed by atoms with E-state index in [4.69, 9.17) is 16.1 Å². The summed E-state index contributed by atoms with van der Waals surface area (Å²) < 4.78 is 5.15. The molecular weight excluding hydrogens is 406 g/mol. The number of para-hydroxylation sites is 2. The Balaban J connectivity index is 1.80. The standard InChI is InChI=1S/C21H14ClN5O3/c22-18-14-8-7-13-17(18)19-23-21(30-25-19)20(27(28)29)24-26(15-9-3-1-4-10-15)16-11-5-2-6-12-16/h1-14H/b24-20-. The van der Waals surface area contributed by atoms with Crippen molar-refractivity contribution in [3.8, 4) is 11.4 Å². The topological polar surface area (TPSA) is 97.7 Å². The van der Waals surface area contributed by atoms with Crippen LogP contribution in [-0.2, 0) is 0 Å². The van der Waals surface area contributed by atoms with Gasteiger partial charge >= 0.3 is 11.7 Å². The van der Waals surface area contributed by atoms with Gasteiger partial charge in [-0.2, -0.15) is 4.98 Å². The van der Waals surface area contributed by atoms with Crippen molar-refractivity contribution in [2.75, 3.05) is 5.01 Å². The van der Waals surface area contributed by atoms with Gasteiger partial charge in [-0.25, -0.2) is 0 Å². The van der Waals surface area contributed by atoms with E-state index >= 15 is 0 Å². The van der Waals surface area contributed by atoms with Crippen LogP contribution >= 0.6 is 11.6 Å². The summed E-state index contributed by atoms with van der Waals surface area (Å²) in [6.07, 6.45) is 0. The van der Waals surface area contributed by atoms with Crippen molar-refractivity contribution < 1.29 is 9.45 Å². The lowest BCUT2D eigenvalue weighted by Crippen LogP contribution is -2.20. The largest absolute Gasteiger partial charge is 0.454 e. The molecule has 8 nitrogen and oxygen atoms in total. The molecule has 4 aromatic rings. The number of hydrogen-bond donors (Lipinski definition) is 0. The number of amidine groups is 1. The van der Waals surface area contributed by atoms with Crippen LogP contribution in [0, 0.1) is 10.1 Å². The maximum absolute atomic E-state index is 11.8. The van der Waals surface area contributed by atoms with Crippen molar-refractivity contribution in [3.63, 3.8) is 0 Å². The molecule has 148 valence electrons. The fraction of sp³-hybridized carbons (Fsp3) is 0. The van der Waals surface area contributed by atoms with Crippen molar-refractivity contribution >= 4 is 28.8 Å². The molecule has 1 heterocycles. The summed E-state index contributed by atoms with van der Waals surface area (Å²) in [4.78, 5) is 15.3. The summed E-state index contributed by atoms with van der Waals surface area (Å²) in [6.45, 7) is 0. The normalized spacial score (nSPS) is 11.3. The van der Waals surface area contributed by atoms with E-state index in [-0.39, 0.29) is 11.7 Å². The van der Waals surface area contributed by atoms with E-state index in [1.807, 2.05) is 36.4 Å². The predicted octanol–water partition coefficient (Wildman–Crippen LogP) is 5.17. The van der Waals surface area contributed by atoms with Gasteiger partial charge < -0.3 is 14.6 Å². The number of halogens is 1. The third-order valence-corrected chi connectivity index (χ3v) is 4.43. The molecule has 0 radical (unpaired) electrons. The van der Waals surface area contributed by atoms with E-state index in [0.717, 1.165) is 0 Å². The Labute approximate surface area is 176 Å². The lowest BCUT2D eigenvalue weighted by molar-refractivity contribution is -0.350. The van der Waals surface area contributed by atoms with Crippen LogP contribution in [0.2, 0.25) is 5.02 Å². The minimum atomic E-state index is -0.664. The molecule has 0 saturated carbocycles. The highest BCUT2D eigenvalue weighted by Gasteiger charge is 2.29. The summed E-state index contributed by atoms with van der Waals surface area (Å²) >= 11 is 6.16. The molecular formula is C21H14ClN5O3. The first-order valence-corrected chi connectivity index (χ1v) is 9.23. The van der Waals surface area contributed by atoms with Gasteiger partial charge in [-0.15, -0.1) is 5.01 Å². The van der Waals surface area contributed by atoms with Crippen molar-refractivity contribution in [2.45, 2.75) is 0 Å². The molecule has 0 aliphatic carbocycles. The molecule has 9 heteroatoms. The zero-order valence-electron chi connectivity index (χ0n) is 15.4. The summed E-state index contributed by atoms with van der Waals surface area (Å²) in [6, 6.07) is 25.0. The molecule has 0 amide bonds. The Morgan fingerprint density at radius 2 is 1.50 bits per heavy atom. The average Bonchev–Trinajstić information content (AvgIpc) is 3.25. The van der Waals surface area contributed by atoms with Gasteiger partial charge in [0.15, 0.2) is 0 Å². The monoisotopic (exact) mass is 419 g/mol. The quantitative estimate of drug-likeness (QED) is 0.191. The number of aromatic nitrogens is 2. The van der Waals surface area contributed by atoms with Crippen molar-refractivity contribution in [2.24, 2.45) is 5.10 Å². The molecule has 0 atom stereocenters. The Hall–Kier alpha value is -4.04. The van der Waals surface area contributed by atoms with Gasteiger partial charge in [-0.1, -0.05) is 65.3 Å². The van der Waals surface area contributed by atoms with Crippen LogP contribution in [0.1, 0.15) is 5.89 Å². The van der Waals surface area contributed by atoms with Crippen LogP contribution in [0.15, 0.2) is 94.6 Å². The maximum Gasteiger partial charge on any atom is 0.454 e. The molecule has 0 aliphatic rings. The fourth-order valence-corrected chi connectivity index (χ4v) is 2.94. The van der Waals surface area contributed by atoms with Gasteiger partial charge in [0, 0.05) is 5.56 Å². The molecule has 0 saturated heterocycles. The average molecular weight is 420 g/mol. The van der Waals surface area contributed by atoms with Gasteiger partial charge in [0.1, 0.15) is 0 Å². The molecule has 30 heavy (non-hydrogen) atoms. The second-order valence-electron chi connectivity index (χ2n) is 6.07. The van der Waals surface area contributed by atoms with Gasteiger partial charge in [-0.05, 0) is 41.3 Å². The van der Waals surface area contributed by atoms with Gasteiger partial charge in [0.05, 0.1) is 21.5 Å². The summed E-state index contributed by atoms with van der Waals surface area (Å²) in [7, 11) is 0. The molecule has 0 unspecified atom stereocenters. The Morgan fingerprint density at radius 3 is 2.07 bits per heavy atom. The number of hydrazone groups is 1. The van der Waals surface area contributed by atoms with E-state index < -0.39 is 10.8 Å². The highest BCUT2D eigenvalue weighted by Crippen LogP contribution is 2.27. The van der Waals surface area contributed by atoms with Crippen molar-refractivity contribution in [1.29, 1.82) is 0 Å². The Kier molecular flexibility index (Phi) is 5.49. The molecule has 0 bridgehead atoms. The molecule has 1 aromatic heterocycles. The van der Waals surface area contributed by atoms with Crippen LogP contribution in [0.25, 0.3) is 11.4 Å². The number of rotatable bonds is 5. The second-order valence-corrected chi connectivity index (χ2v) is 6.47. The van der Waals surface area contributed by atoms with Crippen LogP contribution in [0.4, 0.5) is 11.4 Å². The summed E-state index contributed by atoms with van der Waals surface area (Å²) in [5, 5.41) is 21.7. The molecule has 0 spiro atoms. The van der Waals surface area contributed by atoms with Crippen LogP contribution in [0.3, 0.4) is 0 Å². The van der Waals surface area contributed by atoms with E-state index in [2.05, 4.69) is 15.2 Å².